The molecule has 2 aromatic carbocycles. The molecule has 3 rings (SSSR count). The summed E-state index contributed by atoms with van der Waals surface area (Å²) < 4.78 is 0. The quantitative estimate of drug-likeness (QED) is 0.768. The molecule has 1 aliphatic heterocycles. The van der Waals surface area contributed by atoms with Gasteiger partial charge in [0, 0.05) is 31.2 Å². The molecule has 6 nitrogen and oxygen atoms in total. The van der Waals surface area contributed by atoms with Crippen LogP contribution in [0, 0.1) is 0 Å². The monoisotopic (exact) mass is 393 g/mol. The summed E-state index contributed by atoms with van der Waals surface area (Å²) in [6, 6.07) is 16.9. The van der Waals surface area contributed by atoms with Crippen molar-refractivity contribution < 1.29 is 14.4 Å². The molecule has 3 amide bonds. The number of amides is 3. The number of rotatable bonds is 6. The molecule has 152 valence electrons. The molecular formula is C23H27N3O3. The van der Waals surface area contributed by atoms with Gasteiger partial charge in [0.25, 0.3) is 5.91 Å². The number of hydrogen-bond acceptors (Lipinski definition) is 3. The van der Waals surface area contributed by atoms with E-state index in [9.17, 15) is 14.4 Å². The van der Waals surface area contributed by atoms with Gasteiger partial charge in [0.15, 0.2) is 0 Å². The van der Waals surface area contributed by atoms with Crippen molar-refractivity contribution in [2.24, 2.45) is 0 Å². The maximum absolute atomic E-state index is 12.5. The second-order valence-corrected chi connectivity index (χ2v) is 7.62. The highest BCUT2D eigenvalue weighted by molar-refractivity contribution is 6.35. The van der Waals surface area contributed by atoms with Crippen LogP contribution in [0.4, 0.5) is 0 Å². The summed E-state index contributed by atoms with van der Waals surface area (Å²) in [5.74, 6) is -1.06. The van der Waals surface area contributed by atoms with E-state index in [-0.39, 0.29) is 18.0 Å². The Morgan fingerprint density at radius 1 is 0.931 bits per heavy atom. The molecule has 29 heavy (non-hydrogen) atoms. The van der Waals surface area contributed by atoms with Crippen molar-refractivity contribution in [2.45, 2.75) is 39.4 Å². The van der Waals surface area contributed by atoms with E-state index in [1.807, 2.05) is 63.2 Å². The second-order valence-electron chi connectivity index (χ2n) is 7.62. The maximum atomic E-state index is 12.5. The van der Waals surface area contributed by atoms with E-state index in [0.717, 1.165) is 11.1 Å². The molecule has 0 aromatic heterocycles. The van der Waals surface area contributed by atoms with Gasteiger partial charge in [0.05, 0.1) is 6.04 Å². The minimum absolute atomic E-state index is 0.0182. The third-order valence-corrected chi connectivity index (χ3v) is 5.20. The average molecular weight is 393 g/mol. The summed E-state index contributed by atoms with van der Waals surface area (Å²) in [7, 11) is 0. The highest BCUT2D eigenvalue weighted by Crippen LogP contribution is 2.15. The van der Waals surface area contributed by atoms with Crippen LogP contribution in [0.25, 0.3) is 0 Å². The number of nitrogens with one attached hydrogen (secondary N) is 1. The van der Waals surface area contributed by atoms with E-state index >= 15 is 0 Å². The SMILES string of the molecule is CC(NC(=O)c1ccc(CN2CCN(C(C)C)C(=O)C2=O)cc1)c1ccccc1. The zero-order valence-corrected chi connectivity index (χ0v) is 17.1. The minimum Gasteiger partial charge on any atom is -0.346 e. The minimum atomic E-state index is -0.469. The predicted molar refractivity (Wildman–Crippen MR) is 111 cm³/mol. The van der Waals surface area contributed by atoms with Gasteiger partial charge in [-0.05, 0) is 44.0 Å². The summed E-state index contributed by atoms with van der Waals surface area (Å²) in [6.45, 7) is 7.17. The van der Waals surface area contributed by atoms with Crippen molar-refractivity contribution in [1.82, 2.24) is 15.1 Å². The van der Waals surface area contributed by atoms with E-state index in [1.165, 1.54) is 0 Å². The molecule has 1 heterocycles. The zero-order chi connectivity index (χ0) is 21.0. The normalized spacial score (nSPS) is 15.6. The number of hydrogen-bond donors (Lipinski definition) is 1. The van der Waals surface area contributed by atoms with Gasteiger partial charge in [-0.2, -0.15) is 0 Å². The third-order valence-electron chi connectivity index (χ3n) is 5.20. The topological polar surface area (TPSA) is 69.7 Å². The molecule has 2 aromatic rings. The first-order valence-corrected chi connectivity index (χ1v) is 9.91. The lowest BCUT2D eigenvalue weighted by atomic mass is 10.1. The van der Waals surface area contributed by atoms with Gasteiger partial charge in [-0.25, -0.2) is 0 Å². The molecule has 0 radical (unpaired) electrons. The van der Waals surface area contributed by atoms with E-state index in [0.29, 0.717) is 25.2 Å². The van der Waals surface area contributed by atoms with Crippen LogP contribution in [-0.4, -0.2) is 46.7 Å². The molecule has 1 N–H and O–H groups in total. The van der Waals surface area contributed by atoms with Crippen molar-refractivity contribution in [3.8, 4) is 0 Å². The summed E-state index contributed by atoms with van der Waals surface area (Å²) in [6.07, 6.45) is 0. The molecule has 1 fully saturated rings. The highest BCUT2D eigenvalue weighted by Gasteiger charge is 2.33. The van der Waals surface area contributed by atoms with E-state index in [1.54, 1.807) is 21.9 Å². The van der Waals surface area contributed by atoms with Crippen molar-refractivity contribution in [2.75, 3.05) is 13.1 Å². The number of nitrogens with zero attached hydrogens (tertiary/aromatic N) is 2. The molecule has 0 aliphatic carbocycles. The number of carbonyl (C=O) groups excluding carboxylic acids is 3. The Morgan fingerprint density at radius 2 is 1.59 bits per heavy atom. The molecule has 0 spiro atoms. The molecular weight excluding hydrogens is 366 g/mol. The van der Waals surface area contributed by atoms with Crippen LogP contribution in [0.15, 0.2) is 54.6 Å². The molecule has 1 saturated heterocycles. The van der Waals surface area contributed by atoms with Gasteiger partial charge in [-0.1, -0.05) is 42.5 Å². The Hall–Kier alpha value is -3.15. The predicted octanol–water partition coefficient (Wildman–Crippen LogP) is 2.76. The zero-order valence-electron chi connectivity index (χ0n) is 17.1. The van der Waals surface area contributed by atoms with Gasteiger partial charge in [0.1, 0.15) is 0 Å². The standard InChI is InChI=1S/C23H27N3O3/c1-16(2)26-14-13-25(22(28)23(26)29)15-18-9-11-20(12-10-18)21(27)24-17(3)19-7-5-4-6-8-19/h4-12,16-17H,13-15H2,1-3H3,(H,24,27). The van der Waals surface area contributed by atoms with E-state index in [2.05, 4.69) is 5.32 Å². The van der Waals surface area contributed by atoms with Crippen molar-refractivity contribution in [1.29, 1.82) is 0 Å². The fraction of sp³-hybridized carbons (Fsp3) is 0.348. The van der Waals surface area contributed by atoms with Crippen LogP contribution < -0.4 is 5.32 Å². The van der Waals surface area contributed by atoms with Crippen LogP contribution in [-0.2, 0) is 16.1 Å². The van der Waals surface area contributed by atoms with Gasteiger partial charge in [-0.3, -0.25) is 14.4 Å². The molecule has 0 saturated carbocycles. The summed E-state index contributed by atoms with van der Waals surface area (Å²) in [4.78, 5) is 40.2. The first-order chi connectivity index (χ1) is 13.9. The van der Waals surface area contributed by atoms with Crippen LogP contribution in [0.3, 0.4) is 0 Å². The second kappa shape index (κ2) is 8.90. The fourth-order valence-electron chi connectivity index (χ4n) is 3.42. The number of benzene rings is 2. The van der Waals surface area contributed by atoms with Gasteiger partial charge >= 0.3 is 11.8 Å². The lowest BCUT2D eigenvalue weighted by Gasteiger charge is -2.36. The summed E-state index contributed by atoms with van der Waals surface area (Å²) >= 11 is 0. The number of piperazine rings is 1. The Labute approximate surface area is 171 Å². The molecule has 1 unspecified atom stereocenters. The smallest absolute Gasteiger partial charge is 0.312 e. The highest BCUT2D eigenvalue weighted by atomic mass is 16.2. The lowest BCUT2D eigenvalue weighted by Crippen LogP contribution is -2.55. The van der Waals surface area contributed by atoms with Crippen molar-refractivity contribution in [3.05, 3.63) is 71.3 Å². The fourth-order valence-corrected chi connectivity index (χ4v) is 3.42. The Kier molecular flexibility index (Phi) is 6.32. The van der Waals surface area contributed by atoms with Crippen LogP contribution in [0.1, 0.15) is 48.3 Å². The molecule has 6 heteroatoms. The van der Waals surface area contributed by atoms with Crippen molar-refractivity contribution >= 4 is 17.7 Å². The Morgan fingerprint density at radius 3 is 2.21 bits per heavy atom. The van der Waals surface area contributed by atoms with Crippen LogP contribution >= 0.6 is 0 Å². The van der Waals surface area contributed by atoms with Gasteiger partial charge in [-0.15, -0.1) is 0 Å². The van der Waals surface area contributed by atoms with Crippen LogP contribution in [0.5, 0.6) is 0 Å². The Bertz CT molecular complexity index is 878. The van der Waals surface area contributed by atoms with Gasteiger partial charge < -0.3 is 15.1 Å². The van der Waals surface area contributed by atoms with Crippen molar-refractivity contribution in [3.63, 3.8) is 0 Å². The summed E-state index contributed by atoms with van der Waals surface area (Å²) in [5.41, 5.74) is 2.49. The Balaban J connectivity index is 1.59. The van der Waals surface area contributed by atoms with E-state index < -0.39 is 11.8 Å². The third kappa shape index (κ3) is 4.83. The average Bonchev–Trinajstić information content (AvgIpc) is 2.72. The molecule has 1 aliphatic rings. The van der Waals surface area contributed by atoms with Gasteiger partial charge in [0.2, 0.25) is 0 Å². The lowest BCUT2D eigenvalue weighted by molar-refractivity contribution is -0.157. The number of carbonyl (C=O) groups is 3. The largest absolute Gasteiger partial charge is 0.346 e. The first-order valence-electron chi connectivity index (χ1n) is 9.91. The summed E-state index contributed by atoms with van der Waals surface area (Å²) in [5, 5.41) is 2.99. The van der Waals surface area contributed by atoms with Crippen LogP contribution in [0.2, 0.25) is 0 Å². The first kappa shape index (κ1) is 20.6. The molecule has 0 bridgehead atoms. The maximum Gasteiger partial charge on any atom is 0.312 e. The van der Waals surface area contributed by atoms with E-state index in [4.69, 9.17) is 0 Å². The molecule has 1 atom stereocenters.